The molecule has 0 aliphatic carbocycles. The Kier molecular flexibility index (Phi) is 5.81. The molecule has 0 radical (unpaired) electrons. The summed E-state index contributed by atoms with van der Waals surface area (Å²) in [6, 6.07) is 6.48. The number of rotatable bonds is 7. The van der Waals surface area contributed by atoms with Gasteiger partial charge in [0.2, 0.25) is 5.91 Å². The average molecular weight is 267 g/mol. The largest absolute Gasteiger partial charge is 0.508 e. The molecule has 6 nitrogen and oxygen atoms in total. The van der Waals surface area contributed by atoms with Gasteiger partial charge in [-0.1, -0.05) is 18.2 Å². The smallest absolute Gasteiger partial charge is 0.323 e. The maximum absolute atomic E-state index is 12.0. The van der Waals surface area contributed by atoms with E-state index in [1.54, 1.807) is 18.2 Å². The second-order valence-corrected chi connectivity index (χ2v) is 4.01. The van der Waals surface area contributed by atoms with Crippen molar-refractivity contribution in [3.63, 3.8) is 0 Å². The molecule has 2 N–H and O–H groups in total. The third-order valence-corrected chi connectivity index (χ3v) is 2.58. The number of aromatic hydroxyl groups is 1. The van der Waals surface area contributed by atoms with Crippen LogP contribution in [0.3, 0.4) is 0 Å². The molecule has 6 heteroatoms. The second-order valence-electron chi connectivity index (χ2n) is 4.01. The summed E-state index contributed by atoms with van der Waals surface area (Å²) in [6.07, 6.45) is -0.0380. The van der Waals surface area contributed by atoms with E-state index in [9.17, 15) is 14.7 Å². The standard InChI is InChI=1S/C13H17NO5/c1-19-7-6-14(9-13(17)18)12(16)8-10-4-2-3-5-11(10)15/h2-5,15H,6-9H2,1H3,(H,17,18). The van der Waals surface area contributed by atoms with Gasteiger partial charge in [-0.2, -0.15) is 0 Å². The van der Waals surface area contributed by atoms with Crippen molar-refractivity contribution < 1.29 is 24.5 Å². The van der Waals surface area contributed by atoms with Gasteiger partial charge < -0.3 is 19.8 Å². The number of aliphatic carboxylic acids is 1. The molecule has 1 rings (SSSR count). The van der Waals surface area contributed by atoms with Crippen molar-refractivity contribution in [2.24, 2.45) is 0 Å². The Morgan fingerprint density at radius 3 is 2.58 bits per heavy atom. The van der Waals surface area contributed by atoms with Crippen LogP contribution in [-0.4, -0.2) is 53.8 Å². The number of benzene rings is 1. The van der Waals surface area contributed by atoms with E-state index in [0.29, 0.717) is 5.56 Å². The second kappa shape index (κ2) is 7.38. The van der Waals surface area contributed by atoms with E-state index in [-0.39, 0.29) is 37.8 Å². The van der Waals surface area contributed by atoms with Crippen molar-refractivity contribution in [1.29, 1.82) is 0 Å². The summed E-state index contributed by atoms with van der Waals surface area (Å²) in [5.41, 5.74) is 0.473. The SMILES string of the molecule is COCCN(CC(=O)O)C(=O)Cc1ccccc1O. The molecule has 0 aliphatic heterocycles. The quantitative estimate of drug-likeness (QED) is 0.751. The number of nitrogens with zero attached hydrogens (tertiary/aromatic N) is 1. The number of phenolic OH excluding ortho intramolecular Hbond substituents is 1. The fourth-order valence-corrected chi connectivity index (χ4v) is 1.59. The number of amides is 1. The molecular formula is C13H17NO5. The summed E-state index contributed by atoms with van der Waals surface area (Å²) >= 11 is 0. The summed E-state index contributed by atoms with van der Waals surface area (Å²) in [5.74, 6) is -1.42. The Morgan fingerprint density at radius 1 is 1.32 bits per heavy atom. The zero-order valence-corrected chi connectivity index (χ0v) is 10.7. The minimum absolute atomic E-state index is 0.0258. The number of carboxylic acid groups (broad SMARTS) is 1. The first-order chi connectivity index (χ1) is 9.04. The van der Waals surface area contributed by atoms with Crippen molar-refractivity contribution in [3.05, 3.63) is 29.8 Å². The Balaban J connectivity index is 2.70. The van der Waals surface area contributed by atoms with Gasteiger partial charge in [-0.3, -0.25) is 9.59 Å². The Labute approximate surface area is 111 Å². The van der Waals surface area contributed by atoms with Crippen molar-refractivity contribution in [1.82, 2.24) is 4.90 Å². The van der Waals surface area contributed by atoms with E-state index in [1.165, 1.54) is 18.1 Å². The van der Waals surface area contributed by atoms with E-state index in [2.05, 4.69) is 0 Å². The molecule has 19 heavy (non-hydrogen) atoms. The topological polar surface area (TPSA) is 87.1 Å². The average Bonchev–Trinajstić information content (AvgIpc) is 2.36. The van der Waals surface area contributed by atoms with E-state index in [0.717, 1.165) is 0 Å². The summed E-state index contributed by atoms with van der Waals surface area (Å²) in [7, 11) is 1.48. The molecule has 0 unspecified atom stereocenters. The van der Waals surface area contributed by atoms with E-state index in [1.807, 2.05) is 0 Å². The lowest BCUT2D eigenvalue weighted by molar-refractivity contribution is -0.144. The van der Waals surface area contributed by atoms with E-state index < -0.39 is 5.97 Å². The van der Waals surface area contributed by atoms with E-state index >= 15 is 0 Å². The molecule has 0 heterocycles. The summed E-state index contributed by atoms with van der Waals surface area (Å²) in [5, 5.41) is 18.4. The zero-order chi connectivity index (χ0) is 14.3. The third kappa shape index (κ3) is 4.97. The van der Waals surface area contributed by atoms with Crippen LogP contribution in [-0.2, 0) is 20.7 Å². The number of para-hydroxylation sites is 1. The molecule has 1 aromatic carbocycles. The number of ether oxygens (including phenoxy) is 1. The van der Waals surface area contributed by atoms with Crippen LogP contribution < -0.4 is 0 Å². The molecule has 104 valence electrons. The van der Waals surface area contributed by atoms with Crippen molar-refractivity contribution in [2.75, 3.05) is 26.8 Å². The van der Waals surface area contributed by atoms with Crippen LogP contribution in [0.2, 0.25) is 0 Å². The molecule has 0 atom stereocenters. The fraction of sp³-hybridized carbons (Fsp3) is 0.385. The number of phenols is 1. The first kappa shape index (κ1) is 15.0. The highest BCUT2D eigenvalue weighted by atomic mass is 16.5. The van der Waals surface area contributed by atoms with Crippen LogP contribution in [0.5, 0.6) is 5.75 Å². The van der Waals surface area contributed by atoms with Crippen molar-refractivity contribution in [2.45, 2.75) is 6.42 Å². The Bertz CT molecular complexity index is 446. The van der Waals surface area contributed by atoms with Crippen LogP contribution in [0.15, 0.2) is 24.3 Å². The number of carbonyl (C=O) groups is 2. The third-order valence-electron chi connectivity index (χ3n) is 2.58. The number of hydrogen-bond acceptors (Lipinski definition) is 4. The van der Waals surface area contributed by atoms with Crippen molar-refractivity contribution >= 4 is 11.9 Å². The number of hydrogen-bond donors (Lipinski definition) is 2. The number of carbonyl (C=O) groups excluding carboxylic acids is 1. The van der Waals surface area contributed by atoms with Crippen LogP contribution in [0.4, 0.5) is 0 Å². The van der Waals surface area contributed by atoms with E-state index in [4.69, 9.17) is 9.84 Å². The molecule has 1 aromatic rings. The van der Waals surface area contributed by atoms with Gasteiger partial charge in [-0.15, -0.1) is 0 Å². The fourth-order valence-electron chi connectivity index (χ4n) is 1.59. The highest BCUT2D eigenvalue weighted by Gasteiger charge is 2.17. The van der Waals surface area contributed by atoms with Crippen molar-refractivity contribution in [3.8, 4) is 5.75 Å². The summed E-state index contributed by atoms with van der Waals surface area (Å²) in [4.78, 5) is 23.9. The Morgan fingerprint density at radius 2 is 2.00 bits per heavy atom. The van der Waals surface area contributed by atoms with Gasteiger partial charge in [-0.05, 0) is 6.07 Å². The highest BCUT2D eigenvalue weighted by molar-refractivity contribution is 5.83. The van der Waals surface area contributed by atoms with Crippen LogP contribution in [0.1, 0.15) is 5.56 Å². The summed E-state index contributed by atoms with van der Waals surface area (Å²) in [6.45, 7) is 0.0881. The van der Waals surface area contributed by atoms with Crippen LogP contribution >= 0.6 is 0 Å². The molecular weight excluding hydrogens is 250 g/mol. The normalized spacial score (nSPS) is 10.2. The molecule has 0 aliphatic rings. The maximum Gasteiger partial charge on any atom is 0.323 e. The lowest BCUT2D eigenvalue weighted by atomic mass is 10.1. The van der Waals surface area contributed by atoms with Gasteiger partial charge in [0.05, 0.1) is 13.0 Å². The van der Waals surface area contributed by atoms with Gasteiger partial charge >= 0.3 is 5.97 Å². The highest BCUT2D eigenvalue weighted by Crippen LogP contribution is 2.16. The molecule has 0 aromatic heterocycles. The van der Waals surface area contributed by atoms with Gasteiger partial charge in [0.1, 0.15) is 12.3 Å². The lowest BCUT2D eigenvalue weighted by Gasteiger charge is -2.20. The predicted molar refractivity (Wildman–Crippen MR) is 67.9 cm³/mol. The van der Waals surface area contributed by atoms with Gasteiger partial charge in [0, 0.05) is 19.2 Å². The first-order valence-corrected chi connectivity index (χ1v) is 5.80. The molecule has 0 bridgehead atoms. The monoisotopic (exact) mass is 267 g/mol. The zero-order valence-electron chi connectivity index (χ0n) is 10.7. The predicted octanol–water partition coefficient (Wildman–Crippen LogP) is 0.494. The minimum Gasteiger partial charge on any atom is -0.508 e. The number of methoxy groups -OCH3 is 1. The first-order valence-electron chi connectivity index (χ1n) is 5.80. The molecule has 0 saturated heterocycles. The number of carboxylic acids is 1. The van der Waals surface area contributed by atoms with Crippen LogP contribution in [0, 0.1) is 0 Å². The molecule has 0 fully saturated rings. The van der Waals surface area contributed by atoms with Gasteiger partial charge in [0.25, 0.3) is 0 Å². The Hall–Kier alpha value is -2.08. The maximum atomic E-state index is 12.0. The molecule has 1 amide bonds. The lowest BCUT2D eigenvalue weighted by Crippen LogP contribution is -2.38. The molecule has 0 saturated carbocycles. The molecule has 0 spiro atoms. The minimum atomic E-state index is -1.08. The van der Waals surface area contributed by atoms with Gasteiger partial charge in [0.15, 0.2) is 0 Å². The summed E-state index contributed by atoms with van der Waals surface area (Å²) < 4.78 is 4.84. The van der Waals surface area contributed by atoms with Crippen LogP contribution in [0.25, 0.3) is 0 Å². The van der Waals surface area contributed by atoms with Gasteiger partial charge in [-0.25, -0.2) is 0 Å².